The lowest BCUT2D eigenvalue weighted by Gasteiger charge is -2.12. The summed E-state index contributed by atoms with van der Waals surface area (Å²) in [5.41, 5.74) is -0.913. The minimum absolute atomic E-state index is 0.393. The number of nitro benzene ring substituents is 1. The van der Waals surface area contributed by atoms with Crippen molar-refractivity contribution in [1.29, 1.82) is 0 Å². The van der Waals surface area contributed by atoms with Crippen LogP contribution < -0.4 is 0 Å². The molecule has 0 spiro atoms. The Morgan fingerprint density at radius 2 is 1.87 bits per heavy atom. The predicted octanol–water partition coefficient (Wildman–Crippen LogP) is 0.763. The van der Waals surface area contributed by atoms with Crippen LogP contribution in [0, 0.1) is 10.1 Å². The van der Waals surface area contributed by atoms with Crippen LogP contribution in [0.15, 0.2) is 24.3 Å². The third kappa shape index (κ3) is 2.60. The van der Waals surface area contributed by atoms with Crippen LogP contribution >= 0.6 is 7.60 Å². The lowest BCUT2D eigenvalue weighted by atomic mass is 10.2. The van der Waals surface area contributed by atoms with E-state index in [9.17, 15) is 19.8 Å². The number of rotatable bonds is 3. The molecule has 0 aromatic heterocycles. The first-order chi connectivity index (χ1) is 6.84. The molecule has 82 valence electrons. The minimum atomic E-state index is -4.79. The van der Waals surface area contributed by atoms with Gasteiger partial charge >= 0.3 is 7.60 Å². The maximum Gasteiger partial charge on any atom is 0.358 e. The van der Waals surface area contributed by atoms with Gasteiger partial charge in [0.05, 0.1) is 10.5 Å². The molecule has 0 saturated carbocycles. The molecule has 3 N–H and O–H groups in total. The normalized spacial score (nSPS) is 13.5. The third-order valence-corrected chi connectivity index (χ3v) is 2.65. The first-order valence-electron chi connectivity index (χ1n) is 3.80. The van der Waals surface area contributed by atoms with Crippen molar-refractivity contribution >= 4 is 13.3 Å². The number of nitrogens with zero attached hydrogens (tertiary/aromatic N) is 1. The molecule has 0 bridgehead atoms. The van der Waals surface area contributed by atoms with Gasteiger partial charge in [0.25, 0.3) is 5.69 Å². The molecule has 0 aliphatic rings. The standard InChI is InChI=1S/C7H8NO6P/c9-7(15(12,13)14)5-3-1-2-4-6(5)8(10)11/h1-4,7,9H,(H2,12,13,14)/t7-/m1/s1. The van der Waals surface area contributed by atoms with Crippen LogP contribution in [0.25, 0.3) is 0 Å². The van der Waals surface area contributed by atoms with E-state index < -0.39 is 29.6 Å². The van der Waals surface area contributed by atoms with E-state index in [4.69, 9.17) is 9.79 Å². The number of benzene rings is 1. The van der Waals surface area contributed by atoms with E-state index >= 15 is 0 Å². The Hall–Kier alpha value is -1.27. The highest BCUT2D eigenvalue weighted by molar-refractivity contribution is 7.51. The van der Waals surface area contributed by atoms with Gasteiger partial charge in [0.15, 0.2) is 5.85 Å². The zero-order valence-corrected chi connectivity index (χ0v) is 8.24. The molecule has 8 heteroatoms. The second-order valence-corrected chi connectivity index (χ2v) is 4.45. The topological polar surface area (TPSA) is 121 Å². The van der Waals surface area contributed by atoms with E-state index in [2.05, 4.69) is 0 Å². The van der Waals surface area contributed by atoms with Crippen LogP contribution in [0.1, 0.15) is 11.4 Å². The van der Waals surface area contributed by atoms with Crippen LogP contribution in [0.4, 0.5) is 5.69 Å². The summed E-state index contributed by atoms with van der Waals surface area (Å²) >= 11 is 0. The van der Waals surface area contributed by atoms with E-state index in [0.717, 1.165) is 12.1 Å². The van der Waals surface area contributed by atoms with Gasteiger partial charge in [0.2, 0.25) is 0 Å². The molecule has 0 unspecified atom stereocenters. The van der Waals surface area contributed by atoms with Crippen LogP contribution in [0.2, 0.25) is 0 Å². The third-order valence-electron chi connectivity index (χ3n) is 1.73. The lowest BCUT2D eigenvalue weighted by molar-refractivity contribution is -0.386. The quantitative estimate of drug-likeness (QED) is 0.402. The summed E-state index contributed by atoms with van der Waals surface area (Å²) in [6.07, 6.45) is 0. The summed E-state index contributed by atoms with van der Waals surface area (Å²) in [7, 11) is -4.79. The first kappa shape index (κ1) is 11.8. The molecular formula is C7H8NO6P. The van der Waals surface area contributed by atoms with Crippen molar-refractivity contribution in [3.8, 4) is 0 Å². The molecule has 0 radical (unpaired) electrons. The minimum Gasteiger partial charge on any atom is -0.376 e. The molecule has 15 heavy (non-hydrogen) atoms. The van der Waals surface area contributed by atoms with E-state index in [1.165, 1.54) is 12.1 Å². The molecule has 1 rings (SSSR count). The largest absolute Gasteiger partial charge is 0.376 e. The maximum atomic E-state index is 10.7. The average molecular weight is 233 g/mol. The van der Waals surface area contributed by atoms with Gasteiger partial charge in [-0.25, -0.2) is 0 Å². The van der Waals surface area contributed by atoms with Crippen molar-refractivity contribution in [3.63, 3.8) is 0 Å². The van der Waals surface area contributed by atoms with Gasteiger partial charge in [0.1, 0.15) is 0 Å². The van der Waals surface area contributed by atoms with Crippen LogP contribution in [-0.4, -0.2) is 19.8 Å². The fourth-order valence-corrected chi connectivity index (χ4v) is 1.63. The Labute approximate surface area is 84.3 Å². The Bertz CT molecular complexity index is 427. The summed E-state index contributed by atoms with van der Waals surface area (Å²) in [6, 6.07) is 4.85. The summed E-state index contributed by atoms with van der Waals surface area (Å²) in [5.74, 6) is -2.17. The predicted molar refractivity (Wildman–Crippen MR) is 50.1 cm³/mol. The molecule has 0 aliphatic heterocycles. The Balaban J connectivity index is 3.26. The Kier molecular flexibility index (Phi) is 3.21. The van der Waals surface area contributed by atoms with Gasteiger partial charge in [-0.1, -0.05) is 12.1 Å². The Morgan fingerprint density at radius 3 is 2.33 bits per heavy atom. The average Bonchev–Trinajstić information content (AvgIpc) is 2.15. The highest BCUT2D eigenvalue weighted by Gasteiger charge is 2.33. The number of nitro groups is 1. The number of aliphatic hydroxyl groups excluding tert-OH is 1. The molecule has 1 aromatic rings. The number of hydrogen-bond donors (Lipinski definition) is 3. The van der Waals surface area contributed by atoms with Crippen molar-refractivity contribution in [2.75, 3.05) is 0 Å². The number of aliphatic hydroxyl groups is 1. The van der Waals surface area contributed by atoms with Gasteiger partial charge in [-0.15, -0.1) is 0 Å². The number of hydrogen-bond acceptors (Lipinski definition) is 4. The van der Waals surface area contributed by atoms with Crippen LogP contribution in [-0.2, 0) is 4.57 Å². The molecule has 0 aliphatic carbocycles. The molecule has 0 amide bonds. The summed E-state index contributed by atoms with van der Waals surface area (Å²) < 4.78 is 10.7. The number of para-hydroxylation sites is 1. The molecule has 1 aromatic carbocycles. The fourth-order valence-electron chi connectivity index (χ4n) is 1.05. The second-order valence-electron chi connectivity index (χ2n) is 2.78. The first-order valence-corrected chi connectivity index (χ1v) is 5.49. The van der Waals surface area contributed by atoms with Crippen molar-refractivity contribution < 1.29 is 24.4 Å². The van der Waals surface area contributed by atoms with Crippen molar-refractivity contribution in [2.45, 2.75) is 5.85 Å². The van der Waals surface area contributed by atoms with Gasteiger partial charge < -0.3 is 14.9 Å². The van der Waals surface area contributed by atoms with E-state index in [1.807, 2.05) is 0 Å². The smallest absolute Gasteiger partial charge is 0.358 e. The summed E-state index contributed by atoms with van der Waals surface area (Å²) in [4.78, 5) is 27.1. The summed E-state index contributed by atoms with van der Waals surface area (Å²) in [5, 5.41) is 19.7. The van der Waals surface area contributed by atoms with Gasteiger partial charge in [-0.2, -0.15) is 0 Å². The molecule has 0 fully saturated rings. The van der Waals surface area contributed by atoms with Gasteiger partial charge in [-0.3, -0.25) is 14.7 Å². The zero-order chi connectivity index (χ0) is 11.6. The van der Waals surface area contributed by atoms with Gasteiger partial charge in [-0.05, 0) is 6.07 Å². The van der Waals surface area contributed by atoms with Crippen LogP contribution in [0.3, 0.4) is 0 Å². The van der Waals surface area contributed by atoms with E-state index in [1.54, 1.807) is 0 Å². The van der Waals surface area contributed by atoms with Crippen molar-refractivity contribution in [1.82, 2.24) is 0 Å². The summed E-state index contributed by atoms with van der Waals surface area (Å²) in [6.45, 7) is 0. The Morgan fingerprint density at radius 1 is 1.33 bits per heavy atom. The molecule has 7 nitrogen and oxygen atoms in total. The highest BCUT2D eigenvalue weighted by Crippen LogP contribution is 2.51. The zero-order valence-electron chi connectivity index (χ0n) is 7.35. The van der Waals surface area contributed by atoms with E-state index in [0.29, 0.717) is 0 Å². The van der Waals surface area contributed by atoms with Crippen LogP contribution in [0.5, 0.6) is 0 Å². The van der Waals surface area contributed by atoms with Crippen molar-refractivity contribution in [2.24, 2.45) is 0 Å². The fraction of sp³-hybridized carbons (Fsp3) is 0.143. The molecule has 1 atom stereocenters. The van der Waals surface area contributed by atoms with E-state index in [-0.39, 0.29) is 0 Å². The molecule has 0 heterocycles. The maximum absolute atomic E-state index is 10.7. The highest BCUT2D eigenvalue weighted by atomic mass is 31.2. The SMILES string of the molecule is O=[N+]([O-])c1ccccc1[C@H](O)P(=O)(O)O. The monoisotopic (exact) mass is 233 g/mol. The van der Waals surface area contributed by atoms with Crippen molar-refractivity contribution in [3.05, 3.63) is 39.9 Å². The lowest BCUT2D eigenvalue weighted by Crippen LogP contribution is -2.02. The molecular weight excluding hydrogens is 225 g/mol. The molecule has 0 saturated heterocycles. The second kappa shape index (κ2) is 4.08. The van der Waals surface area contributed by atoms with Gasteiger partial charge in [0, 0.05) is 6.07 Å².